The molecule has 4 nitrogen and oxygen atoms in total. The van der Waals surface area contributed by atoms with Gasteiger partial charge in [0.2, 0.25) is 10.0 Å². The number of aromatic nitrogens is 1. The number of hydrogen-bond acceptors (Lipinski definition) is 3. The monoisotopic (exact) mass is 340 g/mol. The quantitative estimate of drug-likeness (QED) is 0.574. The van der Waals surface area contributed by atoms with E-state index in [0.717, 1.165) is 5.56 Å². The molecule has 1 heterocycles. The molecule has 1 aromatic carbocycles. The molecule has 0 aliphatic rings. The minimum absolute atomic E-state index is 0.152. The van der Waals surface area contributed by atoms with Crippen LogP contribution in [0.4, 0.5) is 0 Å². The Bertz CT molecular complexity index is 822. The summed E-state index contributed by atoms with van der Waals surface area (Å²) < 4.78 is 27.6. The van der Waals surface area contributed by atoms with Gasteiger partial charge in [0.25, 0.3) is 0 Å². The molecule has 0 N–H and O–H groups in total. The van der Waals surface area contributed by atoms with Crippen molar-refractivity contribution in [3.05, 3.63) is 72.6 Å². The molecule has 1 atom stereocenters. The largest absolute Gasteiger partial charge is 0.260 e. The van der Waals surface area contributed by atoms with Crippen LogP contribution in [0.25, 0.3) is 0 Å². The second-order valence-corrected chi connectivity index (χ2v) is 7.25. The van der Waals surface area contributed by atoms with E-state index >= 15 is 0 Å². The van der Waals surface area contributed by atoms with E-state index in [1.807, 2.05) is 13.0 Å². The van der Waals surface area contributed by atoms with E-state index < -0.39 is 16.1 Å². The van der Waals surface area contributed by atoms with Crippen LogP contribution < -0.4 is 0 Å². The van der Waals surface area contributed by atoms with E-state index in [1.54, 1.807) is 48.7 Å². The van der Waals surface area contributed by atoms with E-state index in [-0.39, 0.29) is 17.9 Å². The molecule has 124 valence electrons. The van der Waals surface area contributed by atoms with E-state index in [9.17, 15) is 8.42 Å². The smallest absolute Gasteiger partial charge is 0.244 e. The van der Waals surface area contributed by atoms with Gasteiger partial charge in [0, 0.05) is 19.2 Å². The number of hydrogen-bond donors (Lipinski definition) is 0. The van der Waals surface area contributed by atoms with E-state index in [4.69, 9.17) is 6.42 Å². The van der Waals surface area contributed by atoms with E-state index in [0.29, 0.717) is 5.69 Å². The first-order chi connectivity index (χ1) is 11.5. The molecule has 1 aromatic heterocycles. The number of pyridine rings is 1. The first kappa shape index (κ1) is 17.9. The maximum atomic E-state index is 13.1. The second kappa shape index (κ2) is 7.91. The van der Waals surface area contributed by atoms with Gasteiger partial charge in [0.1, 0.15) is 0 Å². The third-order valence-corrected chi connectivity index (χ3v) is 5.51. The number of terminal acetylenes is 1. The fraction of sp³-hybridized carbons (Fsp3) is 0.211. The third kappa shape index (κ3) is 3.91. The van der Waals surface area contributed by atoms with Gasteiger partial charge in [-0.15, -0.1) is 18.9 Å². The van der Waals surface area contributed by atoms with Crippen molar-refractivity contribution in [1.82, 2.24) is 9.29 Å². The zero-order valence-electron chi connectivity index (χ0n) is 13.6. The van der Waals surface area contributed by atoms with Gasteiger partial charge >= 0.3 is 0 Å². The highest BCUT2D eigenvalue weighted by Gasteiger charge is 2.31. The van der Waals surface area contributed by atoms with Crippen molar-refractivity contribution in [3.63, 3.8) is 0 Å². The predicted molar refractivity (Wildman–Crippen MR) is 95.7 cm³/mol. The average Bonchev–Trinajstić information content (AvgIpc) is 2.59. The first-order valence-electron chi connectivity index (χ1n) is 7.54. The molecule has 0 bridgehead atoms. The van der Waals surface area contributed by atoms with Gasteiger partial charge in [0.05, 0.1) is 16.6 Å². The molecular weight excluding hydrogens is 320 g/mol. The molecule has 0 fully saturated rings. The third-order valence-electron chi connectivity index (χ3n) is 3.62. The fourth-order valence-electron chi connectivity index (χ4n) is 2.40. The number of sulfonamides is 1. The van der Waals surface area contributed by atoms with Crippen molar-refractivity contribution in [2.45, 2.75) is 24.3 Å². The summed E-state index contributed by atoms with van der Waals surface area (Å²) >= 11 is 0. The SMILES string of the molecule is C#CC[C@H](c1ccccn1)N(CC=C)S(=O)(=O)c1ccc(C)cc1. The number of aryl methyl sites for hydroxylation is 1. The molecule has 0 unspecified atom stereocenters. The normalized spacial score (nSPS) is 12.5. The maximum Gasteiger partial charge on any atom is 0.244 e. The lowest BCUT2D eigenvalue weighted by Crippen LogP contribution is -2.35. The minimum atomic E-state index is -3.72. The highest BCUT2D eigenvalue weighted by molar-refractivity contribution is 7.89. The van der Waals surface area contributed by atoms with Crippen LogP contribution in [0.15, 0.2) is 66.2 Å². The lowest BCUT2D eigenvalue weighted by molar-refractivity contribution is 0.348. The summed E-state index contributed by atoms with van der Waals surface area (Å²) in [5, 5.41) is 0. The molecular formula is C19H20N2O2S. The van der Waals surface area contributed by atoms with Crippen LogP contribution in [0, 0.1) is 19.3 Å². The molecule has 0 radical (unpaired) electrons. The minimum Gasteiger partial charge on any atom is -0.260 e. The topological polar surface area (TPSA) is 50.3 Å². The molecule has 2 rings (SSSR count). The fourth-order valence-corrected chi connectivity index (χ4v) is 3.97. The Balaban J connectivity index is 2.51. The van der Waals surface area contributed by atoms with Crippen molar-refractivity contribution >= 4 is 10.0 Å². The average molecular weight is 340 g/mol. The zero-order valence-corrected chi connectivity index (χ0v) is 14.4. The predicted octanol–water partition coefficient (Wildman–Crippen LogP) is 3.33. The van der Waals surface area contributed by atoms with Crippen molar-refractivity contribution in [3.8, 4) is 12.3 Å². The van der Waals surface area contributed by atoms with Crippen LogP contribution in [0.1, 0.15) is 23.7 Å². The highest BCUT2D eigenvalue weighted by Crippen LogP contribution is 2.29. The molecule has 2 aromatic rings. The van der Waals surface area contributed by atoms with Crippen molar-refractivity contribution < 1.29 is 8.42 Å². The summed E-state index contributed by atoms with van der Waals surface area (Å²) in [4.78, 5) is 4.52. The van der Waals surface area contributed by atoms with Crippen LogP contribution in [-0.2, 0) is 10.0 Å². The molecule has 0 aliphatic heterocycles. The van der Waals surface area contributed by atoms with Gasteiger partial charge in [-0.05, 0) is 31.2 Å². The standard InChI is InChI=1S/C19H20N2O2S/c1-4-8-19(18-9-6-7-14-20-18)21(15-5-2)24(22,23)17-12-10-16(3)11-13-17/h1,5-7,9-14,19H,2,8,15H2,3H3/t19-/m1/s1. The van der Waals surface area contributed by atoms with Gasteiger partial charge in [-0.2, -0.15) is 4.31 Å². The van der Waals surface area contributed by atoms with Crippen molar-refractivity contribution in [2.24, 2.45) is 0 Å². The van der Waals surface area contributed by atoms with Gasteiger partial charge in [0.15, 0.2) is 0 Å². The summed E-state index contributed by atoms with van der Waals surface area (Å²) in [6, 6.07) is 11.6. The van der Waals surface area contributed by atoms with Crippen LogP contribution in [0.2, 0.25) is 0 Å². The number of nitrogens with zero attached hydrogens (tertiary/aromatic N) is 2. The highest BCUT2D eigenvalue weighted by atomic mass is 32.2. The Morgan fingerprint density at radius 3 is 2.54 bits per heavy atom. The van der Waals surface area contributed by atoms with E-state index in [1.165, 1.54) is 4.31 Å². The molecule has 0 saturated carbocycles. The maximum absolute atomic E-state index is 13.1. The summed E-state index contributed by atoms with van der Waals surface area (Å²) in [5.74, 6) is 2.56. The van der Waals surface area contributed by atoms with Crippen LogP contribution >= 0.6 is 0 Å². The molecule has 0 spiro atoms. The summed E-state index contributed by atoms with van der Waals surface area (Å²) in [6.07, 6.45) is 8.89. The van der Waals surface area contributed by atoms with Gasteiger partial charge in [-0.1, -0.05) is 29.8 Å². The number of rotatable bonds is 7. The Kier molecular flexibility index (Phi) is 5.91. The van der Waals surface area contributed by atoms with E-state index in [2.05, 4.69) is 17.5 Å². The van der Waals surface area contributed by atoms with Crippen LogP contribution in [-0.4, -0.2) is 24.3 Å². The second-order valence-electron chi connectivity index (χ2n) is 5.36. The Morgan fingerprint density at radius 2 is 2.00 bits per heavy atom. The summed E-state index contributed by atoms with van der Waals surface area (Å²) in [7, 11) is -3.72. The van der Waals surface area contributed by atoms with Crippen molar-refractivity contribution in [1.29, 1.82) is 0 Å². The summed E-state index contributed by atoms with van der Waals surface area (Å²) in [6.45, 7) is 5.74. The Hall–Kier alpha value is -2.42. The Morgan fingerprint density at radius 1 is 1.29 bits per heavy atom. The van der Waals surface area contributed by atoms with Crippen molar-refractivity contribution in [2.75, 3.05) is 6.54 Å². The summed E-state index contributed by atoms with van der Waals surface area (Å²) in [5.41, 5.74) is 1.61. The first-order valence-corrected chi connectivity index (χ1v) is 8.98. The lowest BCUT2D eigenvalue weighted by atomic mass is 10.1. The van der Waals surface area contributed by atoms with Gasteiger partial charge < -0.3 is 0 Å². The molecule has 0 amide bonds. The lowest BCUT2D eigenvalue weighted by Gasteiger charge is -2.28. The molecule has 24 heavy (non-hydrogen) atoms. The molecule has 0 aliphatic carbocycles. The molecule has 5 heteroatoms. The van der Waals surface area contributed by atoms with Crippen LogP contribution in [0.5, 0.6) is 0 Å². The number of benzene rings is 1. The molecule has 0 saturated heterocycles. The van der Waals surface area contributed by atoms with Gasteiger partial charge in [-0.25, -0.2) is 8.42 Å². The Labute approximate surface area is 143 Å². The zero-order chi connectivity index (χ0) is 17.6. The van der Waals surface area contributed by atoms with Crippen LogP contribution in [0.3, 0.4) is 0 Å². The van der Waals surface area contributed by atoms with Gasteiger partial charge in [-0.3, -0.25) is 4.98 Å².